The summed E-state index contributed by atoms with van der Waals surface area (Å²) in [5.74, 6) is 0. The molecule has 0 fully saturated rings. The second-order valence-electron chi connectivity index (χ2n) is 27.2. The van der Waals surface area contributed by atoms with Gasteiger partial charge in [0.15, 0.2) is 0 Å². The molecule has 4 nitrogen and oxygen atoms in total. The Morgan fingerprint density at radius 3 is 1.16 bits per heavy atom. The second-order valence-corrected chi connectivity index (χ2v) is 30.3. The zero-order valence-corrected chi connectivity index (χ0v) is 61.2. The molecule has 16 aromatic carbocycles. The topological polar surface area (TPSA) is 25.1 Å². The normalized spacial score (nSPS) is 11.8. The van der Waals surface area contributed by atoms with Crippen LogP contribution in [0.25, 0.3) is 163 Å². The SMILES string of the molecule is Brc1cccc(-c2ccc3sc4ccccc4c3c2)c1.c1ccc(-c2cccc3c4c(n(-c5ccccc5)c23)-c2ccccc2N(c2cccc(-c3ccc5sc6ccccc6c5c3)c2)c2ccccc2-4)cc1.c1ccc(-c2cccc3c4c(n(-c5ccccc5)c23)-c2ccccc2Nc2ccccc2-4)cc1. The molecule has 0 saturated heterocycles. The lowest BCUT2D eigenvalue weighted by atomic mass is 9.96. The first kappa shape index (κ1) is 63.8. The van der Waals surface area contributed by atoms with Crippen LogP contribution in [0.4, 0.5) is 28.4 Å². The largest absolute Gasteiger partial charge is 0.354 e. The summed E-state index contributed by atoms with van der Waals surface area (Å²) < 4.78 is 11.4. The minimum absolute atomic E-state index is 1.12. The summed E-state index contributed by atoms with van der Waals surface area (Å²) in [5.41, 5.74) is 30.0. The molecule has 0 amide bonds. The van der Waals surface area contributed by atoms with Crippen LogP contribution < -0.4 is 10.2 Å². The van der Waals surface area contributed by atoms with Gasteiger partial charge >= 0.3 is 0 Å². The van der Waals surface area contributed by atoms with Crippen molar-refractivity contribution in [2.24, 2.45) is 0 Å². The number of hydrogen-bond donors (Lipinski definition) is 1. The quantitative estimate of drug-likeness (QED) is 0.172. The van der Waals surface area contributed by atoms with Crippen LogP contribution in [0, 0.1) is 0 Å². The molecule has 6 heterocycles. The van der Waals surface area contributed by atoms with Crippen LogP contribution in [0.1, 0.15) is 0 Å². The van der Waals surface area contributed by atoms with Crippen molar-refractivity contribution >= 4 is 129 Å². The van der Waals surface area contributed by atoms with E-state index >= 15 is 0 Å². The number of para-hydroxylation sites is 8. The van der Waals surface area contributed by atoms with E-state index in [4.69, 9.17) is 0 Å². The van der Waals surface area contributed by atoms with Crippen LogP contribution in [0.15, 0.2) is 393 Å². The fourth-order valence-corrected chi connectivity index (χ4v) is 18.9. The summed E-state index contributed by atoms with van der Waals surface area (Å²) >= 11 is 7.27. The number of aromatic nitrogens is 2. The number of nitrogens with zero attached hydrogens (tertiary/aromatic N) is 3. The summed E-state index contributed by atoms with van der Waals surface area (Å²) in [6.07, 6.45) is 0. The average molecular weight is 1470 g/mol. The van der Waals surface area contributed by atoms with E-state index < -0.39 is 0 Å². The highest BCUT2D eigenvalue weighted by molar-refractivity contribution is 9.10. The van der Waals surface area contributed by atoms with Crippen molar-refractivity contribution in [1.29, 1.82) is 0 Å². The van der Waals surface area contributed by atoms with Gasteiger partial charge in [-0.05, 0) is 143 Å². The predicted molar refractivity (Wildman–Crippen MR) is 461 cm³/mol. The highest BCUT2D eigenvalue weighted by Crippen LogP contribution is 2.57. The maximum Gasteiger partial charge on any atom is 0.0641 e. The fourth-order valence-electron chi connectivity index (χ4n) is 16.3. The molecule has 0 saturated carbocycles. The van der Waals surface area contributed by atoms with Gasteiger partial charge in [-0.1, -0.05) is 295 Å². The highest BCUT2D eigenvalue weighted by atomic mass is 79.9. The first-order valence-electron chi connectivity index (χ1n) is 36.2. The molecule has 504 valence electrons. The Balaban J connectivity index is 0.000000119. The third-order valence-corrected chi connectivity index (χ3v) is 23.8. The molecule has 20 aromatic rings. The first-order valence-corrected chi connectivity index (χ1v) is 38.7. The smallest absolute Gasteiger partial charge is 0.0641 e. The van der Waals surface area contributed by atoms with Crippen LogP contribution in [0.3, 0.4) is 0 Å². The minimum atomic E-state index is 1.12. The number of thiophene rings is 2. The number of nitrogens with one attached hydrogen (secondary N) is 1. The van der Waals surface area contributed by atoms with E-state index in [1.165, 1.54) is 151 Å². The number of hydrogen-bond acceptors (Lipinski definition) is 4. The summed E-state index contributed by atoms with van der Waals surface area (Å²) in [5, 5.41) is 11.5. The van der Waals surface area contributed by atoms with E-state index in [0.717, 1.165) is 44.3 Å². The Bertz CT molecular complexity index is 6810. The van der Waals surface area contributed by atoms with Gasteiger partial charge in [0.05, 0.1) is 33.8 Å². The Kier molecular flexibility index (Phi) is 16.1. The van der Waals surface area contributed by atoms with Crippen LogP contribution in [-0.2, 0) is 0 Å². The molecule has 0 unspecified atom stereocenters. The number of halogens is 1. The Morgan fingerprint density at radius 2 is 0.598 bits per heavy atom. The second kappa shape index (κ2) is 27.0. The van der Waals surface area contributed by atoms with Crippen molar-refractivity contribution in [3.63, 3.8) is 0 Å². The number of anilines is 5. The lowest BCUT2D eigenvalue weighted by molar-refractivity contribution is 1.13. The predicted octanol–water partition coefficient (Wildman–Crippen LogP) is 29.6. The van der Waals surface area contributed by atoms with Gasteiger partial charge in [-0.2, -0.15) is 0 Å². The molecule has 107 heavy (non-hydrogen) atoms. The van der Waals surface area contributed by atoms with Crippen molar-refractivity contribution in [2.75, 3.05) is 10.2 Å². The molecule has 2 aliphatic heterocycles. The molecule has 0 aliphatic carbocycles. The van der Waals surface area contributed by atoms with E-state index in [1.807, 2.05) is 22.7 Å². The zero-order valence-electron chi connectivity index (χ0n) is 58.0. The molecule has 0 atom stereocenters. The van der Waals surface area contributed by atoms with Crippen LogP contribution in [0.2, 0.25) is 0 Å². The molecule has 22 rings (SSSR count). The summed E-state index contributed by atoms with van der Waals surface area (Å²) in [6, 6.07) is 140. The maximum absolute atomic E-state index is 3.71. The highest BCUT2D eigenvalue weighted by Gasteiger charge is 2.33. The van der Waals surface area contributed by atoms with E-state index in [2.05, 4.69) is 424 Å². The van der Waals surface area contributed by atoms with Crippen molar-refractivity contribution < 1.29 is 0 Å². The van der Waals surface area contributed by atoms with Gasteiger partial charge in [-0.3, -0.25) is 0 Å². The van der Waals surface area contributed by atoms with Crippen molar-refractivity contribution in [3.8, 4) is 101 Å². The Morgan fingerprint density at radius 1 is 0.234 bits per heavy atom. The average Bonchev–Trinajstić information content (AvgIpc) is 1.56. The first-order chi connectivity index (χ1) is 53.0. The van der Waals surface area contributed by atoms with Crippen LogP contribution in [0.5, 0.6) is 0 Å². The van der Waals surface area contributed by atoms with Gasteiger partial charge in [-0.25, -0.2) is 0 Å². The molecule has 0 bridgehead atoms. The molecule has 0 spiro atoms. The van der Waals surface area contributed by atoms with Gasteiger partial charge in [0.25, 0.3) is 0 Å². The fraction of sp³-hybridized carbons (Fsp3) is 0. The third kappa shape index (κ3) is 11.2. The molecule has 1 N–H and O–H groups in total. The van der Waals surface area contributed by atoms with Crippen molar-refractivity contribution in [2.45, 2.75) is 0 Å². The monoisotopic (exact) mass is 1460 g/mol. The summed E-state index contributed by atoms with van der Waals surface area (Å²) in [6.45, 7) is 0. The molecular weight excluding hydrogens is 1400 g/mol. The van der Waals surface area contributed by atoms with Gasteiger partial charge in [-0.15, -0.1) is 22.7 Å². The Labute approximate surface area is 637 Å². The molecule has 2 aliphatic rings. The summed E-state index contributed by atoms with van der Waals surface area (Å²) in [7, 11) is 0. The van der Waals surface area contributed by atoms with E-state index in [1.54, 1.807) is 0 Å². The van der Waals surface area contributed by atoms with Gasteiger partial charge in [0, 0.05) is 129 Å². The third-order valence-electron chi connectivity index (χ3n) is 21.0. The molecule has 7 heteroatoms. The zero-order chi connectivity index (χ0) is 70.9. The molecule has 4 aromatic heterocycles. The number of benzene rings is 16. The maximum atomic E-state index is 3.71. The van der Waals surface area contributed by atoms with Crippen LogP contribution >= 0.6 is 38.6 Å². The van der Waals surface area contributed by atoms with E-state index in [0.29, 0.717) is 0 Å². The number of fused-ring (bicyclic) bond motifs is 20. The molecular formula is C100H65BrN4S2. The van der Waals surface area contributed by atoms with Crippen LogP contribution in [-0.4, -0.2) is 9.13 Å². The van der Waals surface area contributed by atoms with Crippen molar-refractivity contribution in [1.82, 2.24) is 9.13 Å². The molecule has 0 radical (unpaired) electrons. The summed E-state index contributed by atoms with van der Waals surface area (Å²) in [4.78, 5) is 2.47. The standard InChI is InChI=1S/C50H32N2S.C32H22N2.C18H11BrS/c1-3-15-33(16-4-1)38-24-14-25-42-48-40-22-7-10-26-44(40)51(45-27-11-8-23-41(45)50(48)52(49(38)42)36-18-5-2-6-19-36)37-20-13-17-34(31-37)35-29-30-47-43(32-35)39-21-9-12-28-46(39)53-47;1-3-12-22(13-4-1)24-18-11-19-27-30-25-16-7-9-20-28(25)33-29-21-10-8-17-26(29)32(30)34(31(24)27)23-14-5-2-6-15-23;19-14-5-3-4-12(10-14)13-8-9-18-16(11-13)15-6-1-2-7-17(15)20-18/h1-32H;1-21,33H;1-11H. The van der Waals surface area contributed by atoms with E-state index in [-0.39, 0.29) is 0 Å². The Hall–Kier alpha value is -12.9. The van der Waals surface area contributed by atoms with Gasteiger partial charge in [0.1, 0.15) is 0 Å². The lowest BCUT2D eigenvalue weighted by Crippen LogP contribution is -2.11. The van der Waals surface area contributed by atoms with Gasteiger partial charge < -0.3 is 19.4 Å². The minimum Gasteiger partial charge on any atom is -0.354 e. The van der Waals surface area contributed by atoms with Crippen molar-refractivity contribution in [3.05, 3.63) is 393 Å². The number of rotatable bonds is 7. The van der Waals surface area contributed by atoms with E-state index in [9.17, 15) is 0 Å². The van der Waals surface area contributed by atoms with Gasteiger partial charge in [0.2, 0.25) is 0 Å². The lowest BCUT2D eigenvalue weighted by Gasteiger charge is -2.28.